The zero-order valence-corrected chi connectivity index (χ0v) is 9.65. The van der Waals surface area contributed by atoms with Crippen molar-refractivity contribution in [2.24, 2.45) is 0 Å². The molecule has 0 N–H and O–H groups in total. The van der Waals surface area contributed by atoms with Crippen LogP contribution in [-0.4, -0.2) is 4.98 Å². The van der Waals surface area contributed by atoms with Gasteiger partial charge in [0.15, 0.2) is 16.8 Å². The van der Waals surface area contributed by atoms with Crippen molar-refractivity contribution in [3.63, 3.8) is 0 Å². The van der Waals surface area contributed by atoms with E-state index in [0.717, 1.165) is 16.8 Å². The molecule has 1 aliphatic carbocycles. The predicted molar refractivity (Wildman–Crippen MR) is 66.4 cm³/mol. The number of para-hydroxylation sites is 2. The Morgan fingerprint density at radius 1 is 1.18 bits per heavy atom. The lowest BCUT2D eigenvalue weighted by Crippen LogP contribution is -2.09. The van der Waals surface area contributed by atoms with Gasteiger partial charge >= 0.3 is 0 Å². The van der Waals surface area contributed by atoms with Crippen LogP contribution in [0.5, 0.6) is 0 Å². The summed E-state index contributed by atoms with van der Waals surface area (Å²) in [5.41, 5.74) is 3.74. The second-order valence-corrected chi connectivity index (χ2v) is 4.18. The van der Waals surface area contributed by atoms with Crippen molar-refractivity contribution < 1.29 is 4.42 Å². The molecule has 84 valence electrons. The number of aryl methyl sites for hydroxylation is 1. The van der Waals surface area contributed by atoms with Crippen molar-refractivity contribution in [2.75, 3.05) is 0 Å². The highest BCUT2D eigenvalue weighted by atomic mass is 16.3. The molecule has 1 aliphatic heterocycles. The van der Waals surface area contributed by atoms with Crippen molar-refractivity contribution in [3.05, 3.63) is 51.7 Å². The van der Waals surface area contributed by atoms with Crippen LogP contribution >= 0.6 is 0 Å². The highest BCUT2D eigenvalue weighted by molar-refractivity contribution is 5.77. The maximum atomic E-state index is 11.7. The SMILES string of the molecule is Cc1cc(=O)c(C)c2oc3ccccc3nc1-2. The summed E-state index contributed by atoms with van der Waals surface area (Å²) in [4.78, 5) is 16.2. The number of nitrogens with zero attached hydrogens (tertiary/aromatic N) is 1. The molecule has 0 amide bonds. The summed E-state index contributed by atoms with van der Waals surface area (Å²) in [6.07, 6.45) is 0. The number of benzene rings is 2. The van der Waals surface area contributed by atoms with Crippen molar-refractivity contribution >= 4 is 11.1 Å². The predicted octanol–water partition coefficient (Wildman–Crippen LogP) is 2.91. The van der Waals surface area contributed by atoms with Gasteiger partial charge in [0.05, 0.1) is 0 Å². The first-order valence-corrected chi connectivity index (χ1v) is 5.46. The zero-order valence-electron chi connectivity index (χ0n) is 9.65. The third-order valence-electron chi connectivity index (χ3n) is 2.96. The maximum absolute atomic E-state index is 11.7. The summed E-state index contributed by atoms with van der Waals surface area (Å²) in [7, 11) is 0. The van der Waals surface area contributed by atoms with Crippen LogP contribution in [0.15, 0.2) is 39.5 Å². The molecule has 1 heterocycles. The van der Waals surface area contributed by atoms with Gasteiger partial charge in [-0.1, -0.05) is 12.1 Å². The molecule has 1 aromatic carbocycles. The molecule has 2 aliphatic rings. The summed E-state index contributed by atoms with van der Waals surface area (Å²) in [6, 6.07) is 9.17. The molecule has 0 fully saturated rings. The van der Waals surface area contributed by atoms with E-state index in [1.807, 2.05) is 31.2 Å². The minimum absolute atomic E-state index is 0.00386. The topological polar surface area (TPSA) is 43.1 Å². The lowest BCUT2D eigenvalue weighted by atomic mass is 10.0. The van der Waals surface area contributed by atoms with Gasteiger partial charge in [-0.25, -0.2) is 4.98 Å². The van der Waals surface area contributed by atoms with Crippen LogP contribution in [0.1, 0.15) is 11.1 Å². The molecule has 0 aromatic heterocycles. The number of aromatic nitrogens is 1. The molecule has 0 bridgehead atoms. The van der Waals surface area contributed by atoms with Gasteiger partial charge in [-0.2, -0.15) is 0 Å². The van der Waals surface area contributed by atoms with E-state index in [1.54, 1.807) is 13.0 Å². The smallest absolute Gasteiger partial charge is 0.185 e. The Labute approximate surface area is 98.1 Å². The van der Waals surface area contributed by atoms with Crippen molar-refractivity contribution in [3.8, 4) is 11.5 Å². The zero-order chi connectivity index (χ0) is 12.0. The average molecular weight is 225 g/mol. The van der Waals surface area contributed by atoms with E-state index in [2.05, 4.69) is 4.98 Å². The molecule has 0 saturated heterocycles. The molecule has 17 heavy (non-hydrogen) atoms. The van der Waals surface area contributed by atoms with Crippen molar-refractivity contribution in [1.29, 1.82) is 0 Å². The molecule has 0 atom stereocenters. The van der Waals surface area contributed by atoms with Crippen LogP contribution in [0.2, 0.25) is 0 Å². The lowest BCUT2D eigenvalue weighted by Gasteiger charge is -2.10. The van der Waals surface area contributed by atoms with Crippen LogP contribution in [0.3, 0.4) is 0 Å². The number of hydrogen-bond donors (Lipinski definition) is 0. The number of hydrogen-bond acceptors (Lipinski definition) is 3. The fourth-order valence-corrected chi connectivity index (χ4v) is 1.97. The van der Waals surface area contributed by atoms with Crippen LogP contribution in [0.25, 0.3) is 22.6 Å². The van der Waals surface area contributed by atoms with Gasteiger partial charge in [0, 0.05) is 5.56 Å². The molecular weight excluding hydrogens is 214 g/mol. The molecule has 3 heteroatoms. The number of fused-ring (bicyclic) bond motifs is 2. The standard InChI is InChI=1S/C14H11NO2/c1-8-7-11(16)9(2)14-13(8)15-10-5-3-4-6-12(10)17-14/h3-7H,1-2H3. The molecule has 0 radical (unpaired) electrons. The Bertz CT molecular complexity index is 743. The maximum Gasteiger partial charge on any atom is 0.185 e. The fourth-order valence-electron chi connectivity index (χ4n) is 1.97. The molecular formula is C14H11NO2. The van der Waals surface area contributed by atoms with Gasteiger partial charge in [-0.3, -0.25) is 4.79 Å². The van der Waals surface area contributed by atoms with Gasteiger partial charge in [-0.05, 0) is 37.6 Å². The molecule has 1 aromatic rings. The second-order valence-electron chi connectivity index (χ2n) is 4.18. The van der Waals surface area contributed by atoms with E-state index in [-0.39, 0.29) is 5.43 Å². The minimum atomic E-state index is -0.00386. The third kappa shape index (κ3) is 1.43. The Hall–Kier alpha value is -2.16. The van der Waals surface area contributed by atoms with E-state index in [9.17, 15) is 4.79 Å². The largest absolute Gasteiger partial charge is 0.452 e. The summed E-state index contributed by atoms with van der Waals surface area (Å²) >= 11 is 0. The summed E-state index contributed by atoms with van der Waals surface area (Å²) in [5, 5.41) is 0. The average Bonchev–Trinajstić information content (AvgIpc) is 2.34. The first-order chi connectivity index (χ1) is 8.16. The fraction of sp³-hybridized carbons (Fsp3) is 0.143. The minimum Gasteiger partial charge on any atom is -0.452 e. The van der Waals surface area contributed by atoms with E-state index in [4.69, 9.17) is 4.42 Å². The van der Waals surface area contributed by atoms with Gasteiger partial charge in [0.1, 0.15) is 11.2 Å². The van der Waals surface area contributed by atoms with Crippen molar-refractivity contribution in [1.82, 2.24) is 4.98 Å². The van der Waals surface area contributed by atoms with Crippen LogP contribution in [-0.2, 0) is 0 Å². The Morgan fingerprint density at radius 2 is 1.94 bits per heavy atom. The molecule has 0 unspecified atom stereocenters. The monoisotopic (exact) mass is 225 g/mol. The second kappa shape index (κ2) is 3.42. The Balaban J connectivity index is 2.56. The van der Waals surface area contributed by atoms with E-state index in [1.165, 1.54) is 0 Å². The van der Waals surface area contributed by atoms with E-state index < -0.39 is 0 Å². The van der Waals surface area contributed by atoms with Gasteiger partial charge in [0.2, 0.25) is 0 Å². The van der Waals surface area contributed by atoms with Gasteiger partial charge in [-0.15, -0.1) is 0 Å². The van der Waals surface area contributed by atoms with Gasteiger partial charge < -0.3 is 4.42 Å². The highest BCUT2D eigenvalue weighted by Gasteiger charge is 2.16. The molecule has 3 rings (SSSR count). The number of rotatable bonds is 0. The Morgan fingerprint density at radius 3 is 2.76 bits per heavy atom. The quantitative estimate of drug-likeness (QED) is 0.552. The Kier molecular flexibility index (Phi) is 2.01. The van der Waals surface area contributed by atoms with Crippen LogP contribution in [0, 0.1) is 13.8 Å². The molecule has 0 spiro atoms. The first kappa shape index (κ1) is 10.0. The summed E-state index contributed by atoms with van der Waals surface area (Å²) < 4.78 is 5.78. The van der Waals surface area contributed by atoms with Crippen LogP contribution < -0.4 is 5.43 Å². The molecule has 0 saturated carbocycles. The summed E-state index contributed by atoms with van der Waals surface area (Å²) in [5.74, 6) is 0.591. The van der Waals surface area contributed by atoms with E-state index >= 15 is 0 Å². The highest BCUT2D eigenvalue weighted by Crippen LogP contribution is 2.28. The first-order valence-electron chi connectivity index (χ1n) is 5.46. The lowest BCUT2D eigenvalue weighted by molar-refractivity contribution is 0.607. The summed E-state index contributed by atoms with van der Waals surface area (Å²) in [6.45, 7) is 3.64. The molecule has 3 nitrogen and oxygen atoms in total. The third-order valence-corrected chi connectivity index (χ3v) is 2.96. The normalized spacial score (nSPS) is 11.2. The van der Waals surface area contributed by atoms with Crippen molar-refractivity contribution in [2.45, 2.75) is 13.8 Å². The van der Waals surface area contributed by atoms with E-state index in [0.29, 0.717) is 16.9 Å². The van der Waals surface area contributed by atoms with Gasteiger partial charge in [0.25, 0.3) is 0 Å². The van der Waals surface area contributed by atoms with Crippen LogP contribution in [0.4, 0.5) is 0 Å².